The summed E-state index contributed by atoms with van der Waals surface area (Å²) in [6, 6.07) is 5.00. The number of sulfonamides is 1. The van der Waals surface area contributed by atoms with Gasteiger partial charge in [0, 0.05) is 32.5 Å². The molecule has 1 N–H and O–H groups in total. The number of pyridine rings is 1. The van der Waals surface area contributed by atoms with Crippen LogP contribution in [0.5, 0.6) is 0 Å². The highest BCUT2D eigenvalue weighted by Gasteiger charge is 2.29. The zero-order chi connectivity index (χ0) is 17.3. The summed E-state index contributed by atoms with van der Waals surface area (Å²) in [6.45, 7) is 2.97. The Morgan fingerprint density at radius 2 is 1.96 bits per heavy atom. The van der Waals surface area contributed by atoms with Crippen LogP contribution in [-0.4, -0.2) is 41.3 Å². The van der Waals surface area contributed by atoms with Crippen LogP contribution in [0.15, 0.2) is 35.5 Å². The van der Waals surface area contributed by atoms with Gasteiger partial charge in [0.1, 0.15) is 16.4 Å². The lowest BCUT2D eigenvalue weighted by Crippen LogP contribution is -2.27. The Labute approximate surface area is 141 Å². The fraction of sp³-hybridized carbons (Fsp3) is 0.375. The van der Waals surface area contributed by atoms with E-state index in [4.69, 9.17) is 0 Å². The molecule has 1 fully saturated rings. The quantitative estimate of drug-likeness (QED) is 0.912. The SMILES string of the molecule is Cc1ccnc(NC(=O)c2cc(S(=O)(=O)N3CCCC3)cn2C)c1. The van der Waals surface area contributed by atoms with E-state index in [9.17, 15) is 13.2 Å². The Balaban J connectivity index is 1.84. The smallest absolute Gasteiger partial charge is 0.273 e. The van der Waals surface area contributed by atoms with Crippen molar-refractivity contribution in [1.29, 1.82) is 0 Å². The summed E-state index contributed by atoms with van der Waals surface area (Å²) in [5.41, 5.74) is 1.25. The molecule has 7 nitrogen and oxygen atoms in total. The lowest BCUT2D eigenvalue weighted by atomic mass is 10.3. The van der Waals surface area contributed by atoms with E-state index in [2.05, 4.69) is 10.3 Å². The number of aryl methyl sites for hydroxylation is 2. The molecule has 1 saturated heterocycles. The average molecular weight is 348 g/mol. The van der Waals surface area contributed by atoms with Crippen molar-refractivity contribution < 1.29 is 13.2 Å². The summed E-state index contributed by atoms with van der Waals surface area (Å²) < 4.78 is 28.2. The van der Waals surface area contributed by atoms with Crippen molar-refractivity contribution in [3.8, 4) is 0 Å². The van der Waals surface area contributed by atoms with Gasteiger partial charge < -0.3 is 9.88 Å². The minimum atomic E-state index is -3.54. The fourth-order valence-corrected chi connectivity index (χ4v) is 4.35. The van der Waals surface area contributed by atoms with E-state index in [1.807, 2.05) is 13.0 Å². The first-order valence-electron chi connectivity index (χ1n) is 7.78. The van der Waals surface area contributed by atoms with Gasteiger partial charge in [0.15, 0.2) is 0 Å². The standard InChI is InChI=1S/C16H20N4O3S/c1-12-5-6-17-15(9-12)18-16(21)14-10-13(11-19(14)2)24(22,23)20-7-3-4-8-20/h5-6,9-11H,3-4,7-8H2,1-2H3,(H,17,18,21). The predicted molar refractivity (Wildman–Crippen MR) is 90.3 cm³/mol. The van der Waals surface area contributed by atoms with Crippen LogP contribution in [0.1, 0.15) is 28.9 Å². The number of carbonyl (C=O) groups is 1. The number of nitrogens with zero attached hydrogens (tertiary/aromatic N) is 3. The fourth-order valence-electron chi connectivity index (χ4n) is 2.76. The number of amides is 1. The molecular formula is C16H20N4O3S. The monoisotopic (exact) mass is 348 g/mol. The maximum Gasteiger partial charge on any atom is 0.273 e. The van der Waals surface area contributed by atoms with Gasteiger partial charge in [0.2, 0.25) is 10.0 Å². The van der Waals surface area contributed by atoms with E-state index in [0.717, 1.165) is 18.4 Å². The molecule has 0 spiro atoms. The van der Waals surface area contributed by atoms with E-state index in [1.165, 1.54) is 21.1 Å². The van der Waals surface area contributed by atoms with Crippen LogP contribution in [0.3, 0.4) is 0 Å². The topological polar surface area (TPSA) is 84.3 Å². The van der Waals surface area contributed by atoms with Crippen molar-refractivity contribution in [2.24, 2.45) is 7.05 Å². The lowest BCUT2D eigenvalue weighted by molar-refractivity contribution is 0.101. The van der Waals surface area contributed by atoms with Crippen molar-refractivity contribution in [2.75, 3.05) is 18.4 Å². The molecule has 3 rings (SSSR count). The first kappa shape index (κ1) is 16.7. The molecule has 0 unspecified atom stereocenters. The molecule has 0 aliphatic carbocycles. The van der Waals surface area contributed by atoms with Crippen LogP contribution in [0.2, 0.25) is 0 Å². The second kappa shape index (κ2) is 6.37. The molecule has 1 amide bonds. The molecule has 0 aromatic carbocycles. The number of aromatic nitrogens is 2. The van der Waals surface area contributed by atoms with E-state index in [1.54, 1.807) is 19.3 Å². The molecule has 128 valence electrons. The molecule has 1 aliphatic rings. The van der Waals surface area contributed by atoms with Crippen LogP contribution in [0.25, 0.3) is 0 Å². The van der Waals surface area contributed by atoms with Gasteiger partial charge in [-0.1, -0.05) is 0 Å². The molecule has 24 heavy (non-hydrogen) atoms. The zero-order valence-electron chi connectivity index (χ0n) is 13.7. The lowest BCUT2D eigenvalue weighted by Gasteiger charge is -2.13. The van der Waals surface area contributed by atoms with E-state index < -0.39 is 15.9 Å². The Morgan fingerprint density at radius 3 is 2.62 bits per heavy atom. The van der Waals surface area contributed by atoms with Crippen molar-refractivity contribution >= 4 is 21.7 Å². The molecule has 0 radical (unpaired) electrons. The van der Waals surface area contributed by atoms with Gasteiger partial charge in [-0.05, 0) is 43.5 Å². The molecule has 1 aliphatic heterocycles. The van der Waals surface area contributed by atoms with E-state index >= 15 is 0 Å². The molecule has 2 aromatic heterocycles. The molecule has 0 saturated carbocycles. The molecule has 3 heterocycles. The van der Waals surface area contributed by atoms with E-state index in [-0.39, 0.29) is 10.6 Å². The van der Waals surface area contributed by atoms with Crippen LogP contribution < -0.4 is 5.32 Å². The van der Waals surface area contributed by atoms with Crippen LogP contribution in [0.4, 0.5) is 5.82 Å². The minimum absolute atomic E-state index is 0.147. The maximum atomic E-state index is 12.6. The number of carbonyl (C=O) groups excluding carboxylic acids is 1. The largest absolute Gasteiger partial charge is 0.345 e. The van der Waals surface area contributed by atoms with E-state index in [0.29, 0.717) is 18.9 Å². The van der Waals surface area contributed by atoms with Gasteiger partial charge >= 0.3 is 0 Å². The third-order valence-corrected chi connectivity index (χ3v) is 5.94. The third-order valence-electron chi connectivity index (χ3n) is 4.07. The van der Waals surface area contributed by atoms with Gasteiger partial charge in [-0.2, -0.15) is 4.31 Å². The van der Waals surface area contributed by atoms with Gasteiger partial charge in [-0.3, -0.25) is 4.79 Å². The average Bonchev–Trinajstić information content (AvgIpc) is 3.17. The predicted octanol–water partition coefficient (Wildman–Crippen LogP) is 1.77. The highest BCUT2D eigenvalue weighted by molar-refractivity contribution is 7.89. The van der Waals surface area contributed by atoms with Crippen LogP contribution in [-0.2, 0) is 17.1 Å². The number of hydrogen-bond donors (Lipinski definition) is 1. The van der Waals surface area contributed by atoms with Crippen molar-refractivity contribution in [3.63, 3.8) is 0 Å². The summed E-state index contributed by atoms with van der Waals surface area (Å²) in [6.07, 6.45) is 4.84. The second-order valence-corrected chi connectivity index (χ2v) is 7.89. The summed E-state index contributed by atoms with van der Waals surface area (Å²) in [5.74, 6) is 0.0450. The number of nitrogens with one attached hydrogen (secondary N) is 1. The molecule has 0 atom stereocenters. The zero-order valence-corrected chi connectivity index (χ0v) is 14.5. The highest BCUT2D eigenvalue weighted by Crippen LogP contribution is 2.23. The summed E-state index contributed by atoms with van der Waals surface area (Å²) in [4.78, 5) is 16.7. The summed E-state index contributed by atoms with van der Waals surface area (Å²) in [7, 11) is -1.88. The summed E-state index contributed by atoms with van der Waals surface area (Å²) >= 11 is 0. The molecule has 0 bridgehead atoms. The van der Waals surface area contributed by atoms with Crippen LogP contribution in [0, 0.1) is 6.92 Å². The Bertz CT molecular complexity index is 867. The Hall–Kier alpha value is -2.19. The molecular weight excluding hydrogens is 328 g/mol. The van der Waals surface area contributed by atoms with Gasteiger partial charge in [-0.25, -0.2) is 13.4 Å². The van der Waals surface area contributed by atoms with Crippen molar-refractivity contribution in [1.82, 2.24) is 13.9 Å². The highest BCUT2D eigenvalue weighted by atomic mass is 32.2. The van der Waals surface area contributed by atoms with Gasteiger partial charge in [0.05, 0.1) is 0 Å². The third kappa shape index (κ3) is 3.20. The first-order chi connectivity index (χ1) is 11.4. The van der Waals surface area contributed by atoms with Gasteiger partial charge in [0.25, 0.3) is 5.91 Å². The minimum Gasteiger partial charge on any atom is -0.345 e. The maximum absolute atomic E-state index is 12.6. The number of hydrogen-bond acceptors (Lipinski definition) is 4. The normalized spacial score (nSPS) is 15.6. The van der Waals surface area contributed by atoms with Crippen molar-refractivity contribution in [3.05, 3.63) is 41.9 Å². The molecule has 2 aromatic rings. The number of anilines is 1. The summed E-state index contributed by atoms with van der Waals surface area (Å²) in [5, 5.41) is 2.69. The number of rotatable bonds is 4. The second-order valence-electron chi connectivity index (χ2n) is 5.96. The van der Waals surface area contributed by atoms with Crippen LogP contribution >= 0.6 is 0 Å². The molecule has 8 heteroatoms. The van der Waals surface area contributed by atoms with Crippen molar-refractivity contribution in [2.45, 2.75) is 24.7 Å². The Kier molecular flexibility index (Phi) is 4.42. The Morgan fingerprint density at radius 1 is 1.25 bits per heavy atom. The van der Waals surface area contributed by atoms with Gasteiger partial charge in [-0.15, -0.1) is 0 Å². The first-order valence-corrected chi connectivity index (χ1v) is 9.22.